The number of carbonyl (C=O) groups excluding carboxylic acids is 2. The van der Waals surface area contributed by atoms with Crippen LogP contribution in [-0.2, 0) is 16.1 Å². The van der Waals surface area contributed by atoms with E-state index in [0.29, 0.717) is 5.88 Å². The number of ether oxygens (including phenoxy) is 1. The maximum absolute atomic E-state index is 11.4. The number of thiocarbonyl (C=S) groups is 1. The molecular weight excluding hydrogens is 268 g/mol. The Hall–Kier alpha value is -2.22. The standard InChI is InChI=1S/C11H14N4O3S/c1-18-9-4-7(2-3-13-9)5-14-10(16)11(17)15-6-8(12)19/h2-4H,5-6H2,1H3,(H2,12,19)(H,14,16)(H,15,17). The number of hydrogen-bond donors (Lipinski definition) is 3. The van der Waals surface area contributed by atoms with Gasteiger partial charge in [0.15, 0.2) is 0 Å². The van der Waals surface area contributed by atoms with E-state index in [1.54, 1.807) is 18.3 Å². The average Bonchev–Trinajstić information content (AvgIpc) is 2.42. The van der Waals surface area contributed by atoms with Crippen molar-refractivity contribution in [1.82, 2.24) is 15.6 Å². The molecule has 0 saturated heterocycles. The van der Waals surface area contributed by atoms with Gasteiger partial charge in [0.25, 0.3) is 0 Å². The van der Waals surface area contributed by atoms with Gasteiger partial charge in [-0.3, -0.25) is 9.59 Å². The fraction of sp³-hybridized carbons (Fsp3) is 0.273. The van der Waals surface area contributed by atoms with Crippen molar-refractivity contribution in [1.29, 1.82) is 0 Å². The molecule has 8 heteroatoms. The van der Waals surface area contributed by atoms with E-state index in [0.717, 1.165) is 5.56 Å². The first kappa shape index (κ1) is 14.8. The lowest BCUT2D eigenvalue weighted by Crippen LogP contribution is -2.42. The van der Waals surface area contributed by atoms with Crippen LogP contribution in [0.1, 0.15) is 5.56 Å². The second kappa shape index (κ2) is 7.27. The second-order valence-corrected chi connectivity index (χ2v) is 4.06. The van der Waals surface area contributed by atoms with E-state index in [4.69, 9.17) is 10.5 Å². The first-order chi connectivity index (χ1) is 9.02. The fourth-order valence-corrected chi connectivity index (χ4v) is 1.25. The number of aromatic nitrogens is 1. The topological polar surface area (TPSA) is 106 Å². The van der Waals surface area contributed by atoms with Crippen LogP contribution in [0.3, 0.4) is 0 Å². The van der Waals surface area contributed by atoms with Crippen LogP contribution in [0.4, 0.5) is 0 Å². The van der Waals surface area contributed by atoms with Gasteiger partial charge in [0, 0.05) is 18.8 Å². The maximum Gasteiger partial charge on any atom is 0.309 e. The molecule has 19 heavy (non-hydrogen) atoms. The zero-order valence-electron chi connectivity index (χ0n) is 10.3. The van der Waals surface area contributed by atoms with Crippen LogP contribution < -0.4 is 21.1 Å². The molecule has 0 bridgehead atoms. The van der Waals surface area contributed by atoms with Gasteiger partial charge in [-0.05, 0) is 11.6 Å². The van der Waals surface area contributed by atoms with Crippen LogP contribution in [0.15, 0.2) is 18.3 Å². The molecule has 7 nitrogen and oxygen atoms in total. The van der Waals surface area contributed by atoms with Crippen LogP contribution in [0.2, 0.25) is 0 Å². The lowest BCUT2D eigenvalue weighted by Gasteiger charge is -2.06. The van der Waals surface area contributed by atoms with Crippen LogP contribution in [-0.4, -0.2) is 35.4 Å². The Balaban J connectivity index is 2.44. The number of carbonyl (C=O) groups is 2. The van der Waals surface area contributed by atoms with Gasteiger partial charge in [-0.1, -0.05) is 12.2 Å². The molecule has 0 unspecified atom stereocenters. The third-order valence-corrected chi connectivity index (χ3v) is 2.24. The van der Waals surface area contributed by atoms with Gasteiger partial charge in [-0.2, -0.15) is 0 Å². The van der Waals surface area contributed by atoms with E-state index in [-0.39, 0.29) is 18.1 Å². The van der Waals surface area contributed by atoms with E-state index < -0.39 is 11.8 Å². The summed E-state index contributed by atoms with van der Waals surface area (Å²) >= 11 is 4.58. The Labute approximate surface area is 115 Å². The highest BCUT2D eigenvalue weighted by Gasteiger charge is 2.12. The summed E-state index contributed by atoms with van der Waals surface area (Å²) in [5, 5.41) is 4.74. The number of pyridine rings is 1. The molecule has 0 radical (unpaired) electrons. The van der Waals surface area contributed by atoms with Crippen LogP contribution >= 0.6 is 12.2 Å². The van der Waals surface area contributed by atoms with E-state index in [1.165, 1.54) is 7.11 Å². The van der Waals surface area contributed by atoms with Gasteiger partial charge < -0.3 is 21.1 Å². The van der Waals surface area contributed by atoms with Gasteiger partial charge in [0.1, 0.15) is 0 Å². The van der Waals surface area contributed by atoms with Crippen molar-refractivity contribution in [3.63, 3.8) is 0 Å². The number of nitrogens with two attached hydrogens (primary N) is 1. The van der Waals surface area contributed by atoms with E-state index in [9.17, 15) is 9.59 Å². The van der Waals surface area contributed by atoms with Gasteiger partial charge in [-0.25, -0.2) is 4.98 Å². The molecule has 0 atom stereocenters. The molecule has 0 aliphatic rings. The van der Waals surface area contributed by atoms with Crippen molar-refractivity contribution in [3.05, 3.63) is 23.9 Å². The minimum atomic E-state index is -0.783. The Bertz CT molecular complexity index is 493. The third kappa shape index (κ3) is 5.30. The van der Waals surface area contributed by atoms with Crippen LogP contribution in [0, 0.1) is 0 Å². The number of amides is 2. The summed E-state index contributed by atoms with van der Waals surface area (Å²) in [4.78, 5) is 26.8. The summed E-state index contributed by atoms with van der Waals surface area (Å²) in [5.41, 5.74) is 5.97. The van der Waals surface area contributed by atoms with Crippen molar-refractivity contribution in [3.8, 4) is 5.88 Å². The zero-order chi connectivity index (χ0) is 14.3. The molecule has 1 rings (SSSR count). The smallest absolute Gasteiger partial charge is 0.309 e. The predicted octanol–water partition coefficient (Wildman–Crippen LogP) is -0.891. The fourth-order valence-electron chi connectivity index (χ4n) is 1.18. The Kier molecular flexibility index (Phi) is 5.68. The van der Waals surface area contributed by atoms with Crippen LogP contribution in [0.5, 0.6) is 5.88 Å². The molecule has 1 heterocycles. The highest BCUT2D eigenvalue weighted by molar-refractivity contribution is 7.80. The second-order valence-electron chi connectivity index (χ2n) is 3.54. The highest BCUT2D eigenvalue weighted by Crippen LogP contribution is 2.07. The zero-order valence-corrected chi connectivity index (χ0v) is 11.1. The predicted molar refractivity (Wildman–Crippen MR) is 72.4 cm³/mol. The summed E-state index contributed by atoms with van der Waals surface area (Å²) in [6, 6.07) is 3.36. The molecule has 0 fully saturated rings. The highest BCUT2D eigenvalue weighted by atomic mass is 32.1. The average molecular weight is 282 g/mol. The van der Waals surface area contributed by atoms with Crippen molar-refractivity contribution < 1.29 is 14.3 Å². The molecule has 0 spiro atoms. The SMILES string of the molecule is COc1cc(CNC(=O)C(=O)NCC(N)=S)ccn1. The largest absolute Gasteiger partial charge is 0.481 e. The third-order valence-electron chi connectivity index (χ3n) is 2.09. The lowest BCUT2D eigenvalue weighted by atomic mass is 10.2. The monoisotopic (exact) mass is 282 g/mol. The molecule has 0 aromatic carbocycles. The molecule has 1 aromatic heterocycles. The minimum absolute atomic E-state index is 0.00926. The minimum Gasteiger partial charge on any atom is -0.481 e. The van der Waals surface area contributed by atoms with Crippen molar-refractivity contribution >= 4 is 29.0 Å². The van der Waals surface area contributed by atoms with Crippen molar-refractivity contribution in [2.24, 2.45) is 5.73 Å². The van der Waals surface area contributed by atoms with Gasteiger partial charge >= 0.3 is 11.8 Å². The van der Waals surface area contributed by atoms with Crippen LogP contribution in [0.25, 0.3) is 0 Å². The number of nitrogens with zero attached hydrogens (tertiary/aromatic N) is 1. The molecule has 102 valence electrons. The molecule has 1 aromatic rings. The molecule has 2 amide bonds. The summed E-state index contributed by atoms with van der Waals surface area (Å²) in [6.45, 7) is 0.183. The Morgan fingerprint density at radius 2 is 2.11 bits per heavy atom. The molecule has 0 aliphatic heterocycles. The Morgan fingerprint density at radius 3 is 2.74 bits per heavy atom. The number of hydrogen-bond acceptors (Lipinski definition) is 5. The quantitative estimate of drug-likeness (QED) is 0.478. The van der Waals surface area contributed by atoms with E-state index in [2.05, 4.69) is 27.8 Å². The molecule has 4 N–H and O–H groups in total. The van der Waals surface area contributed by atoms with Crippen molar-refractivity contribution in [2.45, 2.75) is 6.54 Å². The van der Waals surface area contributed by atoms with Gasteiger partial charge in [0.05, 0.1) is 18.6 Å². The van der Waals surface area contributed by atoms with Crippen molar-refractivity contribution in [2.75, 3.05) is 13.7 Å². The number of methoxy groups -OCH3 is 1. The normalized spacial score (nSPS) is 9.53. The summed E-state index contributed by atoms with van der Waals surface area (Å²) in [5.74, 6) is -1.11. The molecular formula is C11H14N4O3S. The number of rotatable bonds is 5. The van der Waals surface area contributed by atoms with E-state index in [1.807, 2.05) is 0 Å². The molecule has 0 aliphatic carbocycles. The first-order valence-corrected chi connectivity index (χ1v) is 5.77. The maximum atomic E-state index is 11.4. The lowest BCUT2D eigenvalue weighted by molar-refractivity contribution is -0.139. The van der Waals surface area contributed by atoms with Gasteiger partial charge in [0.2, 0.25) is 5.88 Å². The summed E-state index contributed by atoms with van der Waals surface area (Å²) < 4.78 is 4.94. The van der Waals surface area contributed by atoms with Gasteiger partial charge in [-0.15, -0.1) is 0 Å². The first-order valence-electron chi connectivity index (χ1n) is 5.36. The van der Waals surface area contributed by atoms with E-state index >= 15 is 0 Å². The summed E-state index contributed by atoms with van der Waals surface area (Å²) in [6.07, 6.45) is 1.55. The summed E-state index contributed by atoms with van der Waals surface area (Å²) in [7, 11) is 1.49. The molecule has 0 saturated carbocycles. The Morgan fingerprint density at radius 1 is 1.42 bits per heavy atom. The number of nitrogens with one attached hydrogen (secondary N) is 2.